The monoisotopic (exact) mass is 405 g/mol. The van der Waals surface area contributed by atoms with Gasteiger partial charge in [-0.3, -0.25) is 9.48 Å². The lowest BCUT2D eigenvalue weighted by Gasteiger charge is -2.14. The van der Waals surface area contributed by atoms with Crippen molar-refractivity contribution in [2.45, 2.75) is 20.0 Å². The normalized spacial score (nSPS) is 10.7. The van der Waals surface area contributed by atoms with E-state index in [4.69, 9.17) is 0 Å². The second-order valence-electron chi connectivity index (χ2n) is 4.06. The van der Waals surface area contributed by atoms with E-state index in [0.29, 0.717) is 11.4 Å². The molecule has 0 radical (unpaired) electrons. The molecule has 0 aromatic carbocycles. The van der Waals surface area contributed by atoms with Gasteiger partial charge >= 0.3 is 0 Å². The van der Waals surface area contributed by atoms with Crippen molar-refractivity contribution in [3.05, 3.63) is 37.2 Å². The van der Waals surface area contributed by atoms with E-state index in [2.05, 4.69) is 37.0 Å². The summed E-state index contributed by atoms with van der Waals surface area (Å²) in [6.07, 6.45) is 1.92. The summed E-state index contributed by atoms with van der Waals surface area (Å²) in [5.74, 6) is 0.00227. The number of nitrogens with zero attached hydrogens (tertiary/aromatic N) is 3. The van der Waals surface area contributed by atoms with Crippen molar-refractivity contribution in [3.63, 3.8) is 0 Å². The molecule has 2 heterocycles. The first-order chi connectivity index (χ1) is 9.01. The van der Waals surface area contributed by atoms with Gasteiger partial charge in [-0.05, 0) is 50.9 Å². The van der Waals surface area contributed by atoms with E-state index < -0.39 is 0 Å². The van der Waals surface area contributed by atoms with Crippen molar-refractivity contribution in [2.75, 3.05) is 7.05 Å². The third kappa shape index (κ3) is 3.46. The summed E-state index contributed by atoms with van der Waals surface area (Å²) in [6, 6.07) is 3.77. The molecule has 2 aromatic rings. The van der Waals surface area contributed by atoms with Crippen molar-refractivity contribution in [1.82, 2.24) is 14.7 Å². The van der Waals surface area contributed by atoms with Gasteiger partial charge in [-0.15, -0.1) is 11.3 Å². The number of hydrogen-bond donors (Lipinski definition) is 0. The average molecular weight is 407 g/mol. The Kier molecular flexibility index (Phi) is 4.81. The highest BCUT2D eigenvalue weighted by molar-refractivity contribution is 9.13. The Labute approximate surface area is 132 Å². The zero-order valence-electron chi connectivity index (χ0n) is 10.6. The Morgan fingerprint density at radius 2 is 2.26 bits per heavy atom. The van der Waals surface area contributed by atoms with Gasteiger partial charge in [0.15, 0.2) is 0 Å². The minimum atomic E-state index is 0.00227. The van der Waals surface area contributed by atoms with Crippen molar-refractivity contribution in [3.8, 4) is 0 Å². The fourth-order valence-corrected chi connectivity index (χ4v) is 3.65. The molecule has 19 heavy (non-hydrogen) atoms. The van der Waals surface area contributed by atoms with Gasteiger partial charge in [0.2, 0.25) is 0 Å². The van der Waals surface area contributed by atoms with Crippen LogP contribution in [0.5, 0.6) is 0 Å². The maximum Gasteiger partial charge on any atom is 0.264 e. The molecule has 0 aliphatic carbocycles. The van der Waals surface area contributed by atoms with Gasteiger partial charge in [0.1, 0.15) is 0 Å². The molecule has 0 saturated heterocycles. The predicted molar refractivity (Wildman–Crippen MR) is 83.4 cm³/mol. The third-order valence-electron chi connectivity index (χ3n) is 2.62. The second kappa shape index (κ2) is 6.19. The van der Waals surface area contributed by atoms with E-state index in [-0.39, 0.29) is 5.91 Å². The maximum atomic E-state index is 12.3. The maximum absolute atomic E-state index is 12.3. The fourth-order valence-electron chi connectivity index (χ4n) is 1.62. The molecule has 7 heteroatoms. The van der Waals surface area contributed by atoms with Gasteiger partial charge in [-0.1, -0.05) is 0 Å². The van der Waals surface area contributed by atoms with Gasteiger partial charge in [0, 0.05) is 24.3 Å². The summed E-state index contributed by atoms with van der Waals surface area (Å²) in [5.41, 5.74) is 0.896. The molecule has 0 aliphatic heterocycles. The first-order valence-electron chi connectivity index (χ1n) is 5.74. The van der Waals surface area contributed by atoms with Crippen LogP contribution in [0.25, 0.3) is 0 Å². The van der Waals surface area contributed by atoms with E-state index in [1.165, 1.54) is 11.3 Å². The Hall–Kier alpha value is -0.660. The molecule has 0 atom stereocenters. The smallest absolute Gasteiger partial charge is 0.264 e. The van der Waals surface area contributed by atoms with E-state index in [9.17, 15) is 4.79 Å². The highest BCUT2D eigenvalue weighted by atomic mass is 79.9. The van der Waals surface area contributed by atoms with Crippen LogP contribution in [0.2, 0.25) is 0 Å². The van der Waals surface area contributed by atoms with Crippen LogP contribution >= 0.6 is 43.2 Å². The predicted octanol–water partition coefficient (Wildman–Crippen LogP) is 3.76. The lowest BCUT2D eigenvalue weighted by atomic mass is 10.3. The van der Waals surface area contributed by atoms with E-state index in [1.54, 1.807) is 11.9 Å². The number of carbonyl (C=O) groups is 1. The zero-order valence-corrected chi connectivity index (χ0v) is 14.5. The van der Waals surface area contributed by atoms with E-state index >= 15 is 0 Å². The number of halogens is 2. The van der Waals surface area contributed by atoms with Gasteiger partial charge in [0.05, 0.1) is 20.9 Å². The van der Waals surface area contributed by atoms with Gasteiger partial charge in [-0.2, -0.15) is 5.10 Å². The lowest BCUT2D eigenvalue weighted by Crippen LogP contribution is -2.25. The third-order valence-corrected chi connectivity index (χ3v) is 5.87. The van der Waals surface area contributed by atoms with Crippen molar-refractivity contribution < 1.29 is 4.79 Å². The van der Waals surface area contributed by atoms with Crippen molar-refractivity contribution in [2.24, 2.45) is 0 Å². The first-order valence-corrected chi connectivity index (χ1v) is 8.14. The SMILES string of the molecule is CCn1ccc(CN(C)C(=O)c2cc(Br)c(Br)s2)n1. The van der Waals surface area contributed by atoms with E-state index in [0.717, 1.165) is 20.5 Å². The molecular formula is C12H13Br2N3OS. The lowest BCUT2D eigenvalue weighted by molar-refractivity contribution is 0.0788. The molecule has 2 rings (SSSR count). The van der Waals surface area contributed by atoms with Crippen LogP contribution in [0, 0.1) is 0 Å². The topological polar surface area (TPSA) is 38.1 Å². The van der Waals surface area contributed by atoms with Crippen LogP contribution in [0.15, 0.2) is 26.6 Å². The highest BCUT2D eigenvalue weighted by Crippen LogP contribution is 2.32. The number of aryl methyl sites for hydroxylation is 1. The highest BCUT2D eigenvalue weighted by Gasteiger charge is 2.17. The summed E-state index contributed by atoms with van der Waals surface area (Å²) < 4.78 is 3.69. The van der Waals surface area contributed by atoms with Crippen LogP contribution in [0.3, 0.4) is 0 Å². The van der Waals surface area contributed by atoms with Gasteiger partial charge in [-0.25, -0.2) is 0 Å². The molecule has 0 saturated carbocycles. The van der Waals surface area contributed by atoms with Gasteiger partial charge < -0.3 is 4.90 Å². The zero-order chi connectivity index (χ0) is 14.0. The molecule has 0 bridgehead atoms. The number of hydrogen-bond acceptors (Lipinski definition) is 3. The first kappa shape index (κ1) is 14.7. The Bertz CT molecular complexity index is 574. The number of aromatic nitrogens is 2. The minimum Gasteiger partial charge on any atom is -0.335 e. The Balaban J connectivity index is 2.06. The summed E-state index contributed by atoms with van der Waals surface area (Å²) in [6.45, 7) is 3.38. The molecule has 102 valence electrons. The standard InChI is InChI=1S/C12H13Br2N3OS/c1-3-17-5-4-8(15-17)7-16(2)12(18)10-6-9(13)11(14)19-10/h4-6H,3,7H2,1-2H3. The molecule has 0 unspecified atom stereocenters. The summed E-state index contributed by atoms with van der Waals surface area (Å²) in [5, 5.41) is 4.38. The number of carbonyl (C=O) groups excluding carboxylic acids is 1. The van der Waals surface area contributed by atoms with Crippen LogP contribution in [0.4, 0.5) is 0 Å². The van der Waals surface area contributed by atoms with Crippen LogP contribution in [-0.4, -0.2) is 27.6 Å². The largest absolute Gasteiger partial charge is 0.335 e. The molecule has 2 aromatic heterocycles. The number of rotatable bonds is 4. The molecule has 0 fully saturated rings. The Morgan fingerprint density at radius 1 is 1.53 bits per heavy atom. The van der Waals surface area contributed by atoms with Gasteiger partial charge in [0.25, 0.3) is 5.91 Å². The average Bonchev–Trinajstić information content (AvgIpc) is 2.96. The number of amides is 1. The molecular weight excluding hydrogens is 394 g/mol. The van der Waals surface area contributed by atoms with Crippen LogP contribution < -0.4 is 0 Å². The van der Waals surface area contributed by atoms with Crippen LogP contribution in [0.1, 0.15) is 22.3 Å². The summed E-state index contributed by atoms with van der Waals surface area (Å²) in [4.78, 5) is 14.6. The molecule has 0 N–H and O–H groups in total. The van der Waals surface area contributed by atoms with Crippen molar-refractivity contribution >= 4 is 49.1 Å². The molecule has 1 amide bonds. The number of thiophene rings is 1. The summed E-state index contributed by atoms with van der Waals surface area (Å²) in [7, 11) is 1.79. The summed E-state index contributed by atoms with van der Waals surface area (Å²) >= 11 is 8.21. The quantitative estimate of drug-likeness (QED) is 0.775. The molecule has 0 spiro atoms. The fraction of sp³-hybridized carbons (Fsp3) is 0.333. The molecule has 0 aliphatic rings. The van der Waals surface area contributed by atoms with Crippen molar-refractivity contribution in [1.29, 1.82) is 0 Å². The second-order valence-corrected chi connectivity index (χ2v) is 7.28. The minimum absolute atomic E-state index is 0.00227. The van der Waals surface area contributed by atoms with E-state index in [1.807, 2.05) is 29.9 Å². The molecule has 4 nitrogen and oxygen atoms in total. The Morgan fingerprint density at radius 3 is 2.79 bits per heavy atom. The van der Waals surface area contributed by atoms with Crippen LogP contribution in [-0.2, 0) is 13.1 Å².